The molecule has 1 aromatic heterocycles. The number of pyridine rings is 1. The molecule has 0 saturated heterocycles. The van der Waals surface area contributed by atoms with Crippen LogP contribution in [0.3, 0.4) is 0 Å². The van der Waals surface area contributed by atoms with E-state index in [-0.39, 0.29) is 5.69 Å². The summed E-state index contributed by atoms with van der Waals surface area (Å²) in [6, 6.07) is 4.63. The summed E-state index contributed by atoms with van der Waals surface area (Å²) < 4.78 is 26.0. The Labute approximate surface area is 119 Å². The van der Waals surface area contributed by atoms with Crippen LogP contribution in [0.1, 0.15) is 11.1 Å². The van der Waals surface area contributed by atoms with Crippen LogP contribution in [0, 0.1) is 28.7 Å². The molecule has 1 aromatic carbocycles. The third-order valence-electron chi connectivity index (χ3n) is 2.91. The summed E-state index contributed by atoms with van der Waals surface area (Å²) in [5.41, 5.74) is 0.948. The number of nitro groups is 1. The van der Waals surface area contributed by atoms with Gasteiger partial charge in [-0.3, -0.25) is 10.1 Å². The molecule has 7 heteroatoms. The highest BCUT2D eigenvalue weighted by molar-refractivity contribution is 5.48. The van der Waals surface area contributed by atoms with Gasteiger partial charge in [0.25, 0.3) is 5.69 Å². The molecule has 2 aromatic rings. The zero-order valence-electron chi connectivity index (χ0n) is 11.3. The topological polar surface area (TPSA) is 68.1 Å². The molecule has 0 fully saturated rings. The zero-order chi connectivity index (χ0) is 15.4. The Morgan fingerprint density at radius 1 is 1.24 bits per heavy atom. The largest absolute Gasteiger partial charge is 0.370 e. The SMILES string of the molecule is Cc1cnc(NCCc2cc(F)cc(F)c2)cc1[N+](=O)[O-]. The average Bonchev–Trinajstić information content (AvgIpc) is 2.39. The summed E-state index contributed by atoms with van der Waals surface area (Å²) in [5, 5.41) is 13.7. The van der Waals surface area contributed by atoms with Crippen molar-refractivity contribution < 1.29 is 13.7 Å². The number of nitrogens with one attached hydrogen (secondary N) is 1. The number of nitrogens with zero attached hydrogens (tertiary/aromatic N) is 2. The molecule has 0 radical (unpaired) electrons. The monoisotopic (exact) mass is 293 g/mol. The standard InChI is InChI=1S/C14H13F2N3O2/c1-9-8-18-14(7-13(9)19(20)21)17-3-2-10-4-11(15)6-12(16)5-10/h4-8H,2-3H2,1H3,(H,17,18). The average molecular weight is 293 g/mol. The van der Waals surface area contributed by atoms with E-state index in [0.717, 1.165) is 6.07 Å². The van der Waals surface area contributed by atoms with Gasteiger partial charge in [0.1, 0.15) is 17.5 Å². The van der Waals surface area contributed by atoms with Crippen molar-refractivity contribution in [3.05, 3.63) is 63.3 Å². The van der Waals surface area contributed by atoms with Crippen LogP contribution in [0.2, 0.25) is 0 Å². The fourth-order valence-corrected chi connectivity index (χ4v) is 1.90. The van der Waals surface area contributed by atoms with Crippen molar-refractivity contribution in [2.75, 3.05) is 11.9 Å². The Morgan fingerprint density at radius 3 is 2.52 bits per heavy atom. The minimum Gasteiger partial charge on any atom is -0.370 e. The maximum absolute atomic E-state index is 13.0. The second-order valence-electron chi connectivity index (χ2n) is 4.57. The van der Waals surface area contributed by atoms with Crippen LogP contribution < -0.4 is 5.32 Å². The van der Waals surface area contributed by atoms with E-state index >= 15 is 0 Å². The molecule has 2 rings (SSSR count). The molecule has 5 nitrogen and oxygen atoms in total. The molecule has 0 bridgehead atoms. The number of hydrogen-bond donors (Lipinski definition) is 1. The van der Waals surface area contributed by atoms with Gasteiger partial charge in [0.15, 0.2) is 0 Å². The first-order chi connectivity index (χ1) is 9.95. The Bertz CT molecular complexity index is 657. The first-order valence-electron chi connectivity index (χ1n) is 6.25. The fraction of sp³-hybridized carbons (Fsp3) is 0.214. The Morgan fingerprint density at radius 2 is 1.90 bits per heavy atom. The molecule has 0 amide bonds. The third kappa shape index (κ3) is 3.95. The van der Waals surface area contributed by atoms with Gasteiger partial charge in [-0.05, 0) is 31.0 Å². The van der Waals surface area contributed by atoms with Gasteiger partial charge in [-0.25, -0.2) is 13.8 Å². The highest BCUT2D eigenvalue weighted by atomic mass is 19.1. The van der Waals surface area contributed by atoms with Crippen molar-refractivity contribution >= 4 is 11.5 Å². The van der Waals surface area contributed by atoms with Gasteiger partial charge in [-0.15, -0.1) is 0 Å². The molecule has 0 spiro atoms. The van der Waals surface area contributed by atoms with Gasteiger partial charge < -0.3 is 5.32 Å². The van der Waals surface area contributed by atoms with Crippen LogP contribution >= 0.6 is 0 Å². The van der Waals surface area contributed by atoms with E-state index in [0.29, 0.717) is 29.9 Å². The molecular formula is C14H13F2N3O2. The van der Waals surface area contributed by atoms with Crippen molar-refractivity contribution in [1.82, 2.24) is 4.98 Å². The van der Waals surface area contributed by atoms with E-state index in [2.05, 4.69) is 10.3 Å². The number of hydrogen-bond acceptors (Lipinski definition) is 4. The normalized spacial score (nSPS) is 10.4. The summed E-state index contributed by atoms with van der Waals surface area (Å²) in [6.45, 7) is 1.96. The predicted octanol–water partition coefficient (Wildman–Crippen LogP) is 3.23. The summed E-state index contributed by atoms with van der Waals surface area (Å²) in [4.78, 5) is 14.4. The van der Waals surface area contributed by atoms with Crippen LogP contribution in [0.15, 0.2) is 30.5 Å². The van der Waals surface area contributed by atoms with Crippen molar-refractivity contribution in [2.45, 2.75) is 13.3 Å². The number of benzene rings is 1. The zero-order valence-corrected chi connectivity index (χ0v) is 11.3. The molecule has 0 unspecified atom stereocenters. The quantitative estimate of drug-likeness (QED) is 0.679. The number of aromatic nitrogens is 1. The van der Waals surface area contributed by atoms with Crippen LogP contribution in [0.25, 0.3) is 0 Å². The Hall–Kier alpha value is -2.57. The second kappa shape index (κ2) is 6.25. The van der Waals surface area contributed by atoms with E-state index in [1.807, 2.05) is 0 Å². The van der Waals surface area contributed by atoms with Crippen molar-refractivity contribution in [3.63, 3.8) is 0 Å². The molecule has 110 valence electrons. The Balaban J connectivity index is 2.00. The summed E-state index contributed by atoms with van der Waals surface area (Å²) in [5.74, 6) is -0.910. The molecular weight excluding hydrogens is 280 g/mol. The maximum atomic E-state index is 13.0. The van der Waals surface area contributed by atoms with Gasteiger partial charge in [0, 0.05) is 24.4 Å². The van der Waals surface area contributed by atoms with Crippen LogP contribution in [-0.4, -0.2) is 16.5 Å². The summed E-state index contributed by atoms with van der Waals surface area (Å²) in [6.07, 6.45) is 1.78. The molecule has 0 atom stereocenters. The maximum Gasteiger partial charge on any atom is 0.277 e. The van der Waals surface area contributed by atoms with Crippen LogP contribution in [-0.2, 0) is 6.42 Å². The molecule has 0 aliphatic heterocycles. The lowest BCUT2D eigenvalue weighted by Crippen LogP contribution is -2.07. The smallest absolute Gasteiger partial charge is 0.277 e. The molecule has 0 aliphatic carbocycles. The molecule has 21 heavy (non-hydrogen) atoms. The van der Waals surface area contributed by atoms with Crippen molar-refractivity contribution in [1.29, 1.82) is 0 Å². The van der Waals surface area contributed by atoms with Crippen LogP contribution in [0.4, 0.5) is 20.3 Å². The highest BCUT2D eigenvalue weighted by Crippen LogP contribution is 2.19. The molecule has 0 aliphatic rings. The minimum atomic E-state index is -0.630. The second-order valence-corrected chi connectivity index (χ2v) is 4.57. The molecule has 0 saturated carbocycles. The predicted molar refractivity (Wildman–Crippen MR) is 74.2 cm³/mol. The van der Waals surface area contributed by atoms with Crippen molar-refractivity contribution in [2.24, 2.45) is 0 Å². The van der Waals surface area contributed by atoms with Crippen LogP contribution in [0.5, 0.6) is 0 Å². The van der Waals surface area contributed by atoms with Gasteiger partial charge >= 0.3 is 0 Å². The third-order valence-corrected chi connectivity index (χ3v) is 2.91. The van der Waals surface area contributed by atoms with Gasteiger partial charge in [-0.2, -0.15) is 0 Å². The lowest BCUT2D eigenvalue weighted by molar-refractivity contribution is -0.385. The number of rotatable bonds is 5. The minimum absolute atomic E-state index is 0.0238. The fourth-order valence-electron chi connectivity index (χ4n) is 1.90. The van der Waals surface area contributed by atoms with Gasteiger partial charge in [0.2, 0.25) is 0 Å². The van der Waals surface area contributed by atoms with Gasteiger partial charge in [-0.1, -0.05) is 0 Å². The lowest BCUT2D eigenvalue weighted by atomic mass is 10.1. The van der Waals surface area contributed by atoms with E-state index < -0.39 is 16.6 Å². The van der Waals surface area contributed by atoms with E-state index in [1.54, 1.807) is 6.92 Å². The van der Waals surface area contributed by atoms with E-state index in [1.165, 1.54) is 24.4 Å². The van der Waals surface area contributed by atoms with Crippen molar-refractivity contribution in [3.8, 4) is 0 Å². The first kappa shape index (κ1) is 14.8. The molecule has 1 heterocycles. The lowest BCUT2D eigenvalue weighted by Gasteiger charge is -2.07. The highest BCUT2D eigenvalue weighted by Gasteiger charge is 2.11. The van der Waals surface area contributed by atoms with E-state index in [4.69, 9.17) is 0 Å². The first-order valence-corrected chi connectivity index (χ1v) is 6.25. The van der Waals surface area contributed by atoms with Gasteiger partial charge in [0.05, 0.1) is 11.0 Å². The number of aryl methyl sites for hydroxylation is 1. The number of halogens is 2. The van der Waals surface area contributed by atoms with E-state index in [9.17, 15) is 18.9 Å². The summed E-state index contributed by atoms with van der Waals surface area (Å²) in [7, 11) is 0. The Kier molecular flexibility index (Phi) is 4.42. The summed E-state index contributed by atoms with van der Waals surface area (Å²) >= 11 is 0. The molecule has 1 N–H and O–H groups in total. The number of anilines is 1.